The normalized spacial score (nSPS) is 38.7. The zero-order valence-corrected chi connectivity index (χ0v) is 11.0. The lowest BCUT2D eigenvalue weighted by atomic mass is 9.99. The van der Waals surface area contributed by atoms with Crippen molar-refractivity contribution in [2.75, 3.05) is 13.6 Å². The number of rotatable bonds is 0. The number of hydrogen-bond acceptors (Lipinski definition) is 3. The van der Waals surface area contributed by atoms with Gasteiger partial charge in [0.15, 0.2) is 5.72 Å². The number of carbonyl (C=O) groups excluding carboxylic acids is 2. The van der Waals surface area contributed by atoms with Crippen LogP contribution in [0.2, 0.25) is 0 Å². The van der Waals surface area contributed by atoms with E-state index in [-0.39, 0.29) is 29.9 Å². The fourth-order valence-electron chi connectivity index (χ4n) is 3.86. The molecule has 0 aromatic carbocycles. The second-order valence-corrected chi connectivity index (χ2v) is 5.81. The summed E-state index contributed by atoms with van der Waals surface area (Å²) in [5, 5.41) is 16.6. The molecule has 3 heterocycles. The lowest BCUT2D eigenvalue weighted by Gasteiger charge is -2.29. The van der Waals surface area contributed by atoms with Crippen LogP contribution in [-0.2, 0) is 0 Å². The maximum absolute atomic E-state index is 12.0. The monoisotopic (exact) mass is 276 g/mol. The molecule has 1 aliphatic carbocycles. The molecule has 7 nitrogen and oxygen atoms in total. The molecule has 4 atom stereocenters. The van der Waals surface area contributed by atoms with E-state index in [1.165, 1.54) is 4.90 Å². The first kappa shape index (κ1) is 11.8. The average molecular weight is 276 g/mol. The van der Waals surface area contributed by atoms with Gasteiger partial charge < -0.3 is 20.3 Å². The minimum absolute atomic E-state index is 0.00278. The Hall–Kier alpha value is -2.02. The number of aliphatic hydroxyl groups is 1. The molecule has 2 aliphatic heterocycles. The molecule has 3 aliphatic rings. The van der Waals surface area contributed by atoms with E-state index >= 15 is 0 Å². The predicted molar refractivity (Wildman–Crippen MR) is 68.9 cm³/mol. The van der Waals surface area contributed by atoms with Gasteiger partial charge in [-0.1, -0.05) is 0 Å². The largest absolute Gasteiger partial charge is 0.369 e. The van der Waals surface area contributed by atoms with Gasteiger partial charge in [0, 0.05) is 38.2 Å². The smallest absolute Gasteiger partial charge is 0.319 e. The predicted octanol–water partition coefficient (Wildman–Crippen LogP) is -0.495. The molecule has 1 aromatic rings. The Morgan fingerprint density at radius 1 is 1.45 bits per heavy atom. The number of urea groups is 1. The molecule has 7 heteroatoms. The Balaban J connectivity index is 1.80. The van der Waals surface area contributed by atoms with Gasteiger partial charge in [-0.3, -0.25) is 9.69 Å². The van der Waals surface area contributed by atoms with Gasteiger partial charge in [-0.2, -0.15) is 0 Å². The SMILES string of the molecule is CN1C(=O)NC2C3CNC(=O)c4cccn4C3CC21O. The van der Waals surface area contributed by atoms with Crippen molar-refractivity contribution in [3.63, 3.8) is 0 Å². The molecule has 0 bridgehead atoms. The molecule has 1 saturated heterocycles. The lowest BCUT2D eigenvalue weighted by molar-refractivity contribution is -0.0579. The number of aromatic nitrogens is 1. The van der Waals surface area contributed by atoms with Crippen LogP contribution in [0.15, 0.2) is 18.3 Å². The third-order valence-corrected chi connectivity index (χ3v) is 4.96. The summed E-state index contributed by atoms with van der Waals surface area (Å²) in [6.45, 7) is 0.451. The van der Waals surface area contributed by atoms with Gasteiger partial charge in [0.05, 0.1) is 6.04 Å². The quantitative estimate of drug-likeness (QED) is 0.597. The van der Waals surface area contributed by atoms with E-state index < -0.39 is 5.72 Å². The van der Waals surface area contributed by atoms with E-state index in [9.17, 15) is 14.7 Å². The summed E-state index contributed by atoms with van der Waals surface area (Å²) in [5.41, 5.74) is -0.578. The lowest BCUT2D eigenvalue weighted by Crippen LogP contribution is -2.49. The molecular formula is C13H16N4O3. The van der Waals surface area contributed by atoms with Crippen LogP contribution in [0.25, 0.3) is 0 Å². The summed E-state index contributed by atoms with van der Waals surface area (Å²) >= 11 is 0. The number of carbonyl (C=O) groups is 2. The third kappa shape index (κ3) is 1.23. The van der Waals surface area contributed by atoms with Crippen LogP contribution in [0.4, 0.5) is 4.79 Å². The summed E-state index contributed by atoms with van der Waals surface area (Å²) < 4.78 is 1.92. The van der Waals surface area contributed by atoms with Crippen molar-refractivity contribution in [2.45, 2.75) is 24.2 Å². The standard InChI is InChI=1S/C13H16N4O3/c1-16-12(19)15-10-7-6-14-11(18)8-3-2-4-17(8)9(7)5-13(10,16)20/h2-4,7,9-10,20H,5-6H2,1H3,(H,14,18)(H,15,19). The van der Waals surface area contributed by atoms with Crippen LogP contribution in [0.3, 0.4) is 0 Å². The van der Waals surface area contributed by atoms with E-state index in [4.69, 9.17) is 0 Å². The second kappa shape index (κ2) is 3.54. The molecule has 20 heavy (non-hydrogen) atoms. The van der Waals surface area contributed by atoms with Gasteiger partial charge in [-0.25, -0.2) is 4.79 Å². The van der Waals surface area contributed by atoms with Crippen LogP contribution in [0.5, 0.6) is 0 Å². The number of hydrogen-bond donors (Lipinski definition) is 3. The van der Waals surface area contributed by atoms with E-state index in [1.807, 2.05) is 16.8 Å². The Kier molecular flexibility index (Phi) is 2.09. The molecule has 0 radical (unpaired) electrons. The van der Waals surface area contributed by atoms with Crippen molar-refractivity contribution >= 4 is 11.9 Å². The summed E-state index contributed by atoms with van der Waals surface area (Å²) in [6, 6.07) is 2.98. The maximum atomic E-state index is 12.0. The topological polar surface area (TPSA) is 86.6 Å². The highest BCUT2D eigenvalue weighted by atomic mass is 16.3. The van der Waals surface area contributed by atoms with Crippen molar-refractivity contribution in [1.82, 2.24) is 20.1 Å². The highest BCUT2D eigenvalue weighted by Gasteiger charge is 2.62. The summed E-state index contributed by atoms with van der Waals surface area (Å²) in [6.07, 6.45) is 2.29. The van der Waals surface area contributed by atoms with Crippen LogP contribution >= 0.6 is 0 Å². The molecule has 3 amide bonds. The molecular weight excluding hydrogens is 260 g/mol. The second-order valence-electron chi connectivity index (χ2n) is 5.81. The van der Waals surface area contributed by atoms with Gasteiger partial charge in [0.25, 0.3) is 5.91 Å². The Labute approximate surface area is 115 Å². The first-order chi connectivity index (χ1) is 9.52. The summed E-state index contributed by atoms with van der Waals surface area (Å²) in [7, 11) is 1.61. The Morgan fingerprint density at radius 2 is 2.25 bits per heavy atom. The minimum atomic E-state index is -1.18. The molecule has 3 N–H and O–H groups in total. The number of nitrogens with one attached hydrogen (secondary N) is 2. The van der Waals surface area contributed by atoms with E-state index in [1.54, 1.807) is 13.1 Å². The Morgan fingerprint density at radius 3 is 3.05 bits per heavy atom. The van der Waals surface area contributed by atoms with E-state index in [0.29, 0.717) is 18.7 Å². The zero-order valence-electron chi connectivity index (χ0n) is 11.0. The van der Waals surface area contributed by atoms with Crippen LogP contribution in [0, 0.1) is 5.92 Å². The molecule has 0 spiro atoms. The number of fused-ring (bicyclic) bond motifs is 5. The van der Waals surface area contributed by atoms with Gasteiger partial charge >= 0.3 is 6.03 Å². The molecule has 2 fully saturated rings. The summed E-state index contributed by atoms with van der Waals surface area (Å²) in [4.78, 5) is 25.2. The van der Waals surface area contributed by atoms with Gasteiger partial charge in [0.1, 0.15) is 5.69 Å². The van der Waals surface area contributed by atoms with Gasteiger partial charge in [-0.15, -0.1) is 0 Å². The van der Waals surface area contributed by atoms with Crippen molar-refractivity contribution < 1.29 is 14.7 Å². The first-order valence-corrected chi connectivity index (χ1v) is 6.74. The molecule has 106 valence electrons. The minimum Gasteiger partial charge on any atom is -0.369 e. The fourth-order valence-corrected chi connectivity index (χ4v) is 3.86. The molecule has 1 saturated carbocycles. The highest BCUT2D eigenvalue weighted by Crippen LogP contribution is 2.47. The van der Waals surface area contributed by atoms with Crippen LogP contribution < -0.4 is 10.6 Å². The van der Waals surface area contributed by atoms with E-state index in [0.717, 1.165) is 0 Å². The van der Waals surface area contributed by atoms with Crippen LogP contribution in [-0.4, -0.2) is 51.9 Å². The number of likely N-dealkylation sites (N-methyl/N-ethyl adjacent to an activating group) is 1. The average Bonchev–Trinajstić information content (AvgIpc) is 3.02. The molecule has 1 aromatic heterocycles. The van der Waals surface area contributed by atoms with Crippen molar-refractivity contribution in [3.8, 4) is 0 Å². The van der Waals surface area contributed by atoms with Gasteiger partial charge in [0.2, 0.25) is 0 Å². The molecule has 4 unspecified atom stereocenters. The van der Waals surface area contributed by atoms with Crippen molar-refractivity contribution in [3.05, 3.63) is 24.0 Å². The fraction of sp³-hybridized carbons (Fsp3) is 0.538. The van der Waals surface area contributed by atoms with Gasteiger partial charge in [-0.05, 0) is 12.1 Å². The summed E-state index contributed by atoms with van der Waals surface area (Å²) in [5.74, 6) is -0.128. The molecule has 4 rings (SSSR count). The van der Waals surface area contributed by atoms with Crippen molar-refractivity contribution in [2.24, 2.45) is 5.92 Å². The maximum Gasteiger partial charge on any atom is 0.319 e. The Bertz CT molecular complexity index is 613. The zero-order chi connectivity index (χ0) is 14.1. The van der Waals surface area contributed by atoms with Crippen molar-refractivity contribution in [1.29, 1.82) is 0 Å². The third-order valence-electron chi connectivity index (χ3n) is 4.96. The number of nitrogens with zero attached hydrogens (tertiary/aromatic N) is 2. The first-order valence-electron chi connectivity index (χ1n) is 6.74. The van der Waals surface area contributed by atoms with E-state index in [2.05, 4.69) is 10.6 Å². The number of amides is 3. The highest BCUT2D eigenvalue weighted by molar-refractivity contribution is 5.93. The van der Waals surface area contributed by atoms with Crippen LogP contribution in [0.1, 0.15) is 23.0 Å².